The van der Waals surface area contributed by atoms with Gasteiger partial charge in [0.1, 0.15) is 0 Å². The van der Waals surface area contributed by atoms with E-state index in [4.69, 9.17) is 0 Å². The zero-order valence-electron chi connectivity index (χ0n) is 6.83. The van der Waals surface area contributed by atoms with Gasteiger partial charge in [-0.25, -0.2) is 0 Å². The van der Waals surface area contributed by atoms with Crippen LogP contribution in [0.3, 0.4) is 0 Å². The van der Waals surface area contributed by atoms with Crippen LogP contribution in [0, 0.1) is 5.92 Å². The van der Waals surface area contributed by atoms with Crippen LogP contribution in [0.25, 0.3) is 0 Å². The minimum absolute atomic E-state index is 0.0768. The maximum absolute atomic E-state index is 12.0. The predicted molar refractivity (Wildman–Crippen MR) is 36.6 cm³/mol. The summed E-state index contributed by atoms with van der Waals surface area (Å²) >= 11 is 0. The standard InChI is InChI=1S/C7H12F4O/c1-7(10,11)12-5-6(4-9)2-3-8/h6H,2-5H2,1H3. The number of hydrogen-bond acceptors (Lipinski definition) is 1. The highest BCUT2D eigenvalue weighted by Gasteiger charge is 2.23. The zero-order chi connectivity index (χ0) is 9.61. The fourth-order valence-electron chi connectivity index (χ4n) is 0.624. The number of ether oxygens (including phenoxy) is 1. The molecule has 0 spiro atoms. The average Bonchev–Trinajstić information content (AvgIpc) is 1.96. The summed E-state index contributed by atoms with van der Waals surface area (Å²) in [5.41, 5.74) is 0. The molecule has 0 N–H and O–H groups in total. The van der Waals surface area contributed by atoms with E-state index in [0.717, 1.165) is 0 Å². The predicted octanol–water partition coefficient (Wildman–Crippen LogP) is 2.56. The molecular formula is C7H12F4O. The Balaban J connectivity index is 3.58. The molecule has 0 radical (unpaired) electrons. The Morgan fingerprint density at radius 1 is 1.33 bits per heavy atom. The van der Waals surface area contributed by atoms with Crippen LogP contribution >= 0.6 is 0 Å². The van der Waals surface area contributed by atoms with Crippen molar-refractivity contribution in [1.29, 1.82) is 0 Å². The van der Waals surface area contributed by atoms with Crippen molar-refractivity contribution in [2.45, 2.75) is 19.5 Å². The summed E-state index contributed by atoms with van der Waals surface area (Å²) in [6.07, 6.45) is -3.34. The molecule has 0 heterocycles. The minimum atomic E-state index is -3.26. The first-order valence-electron chi connectivity index (χ1n) is 3.63. The van der Waals surface area contributed by atoms with Crippen LogP contribution in [0.1, 0.15) is 13.3 Å². The van der Waals surface area contributed by atoms with Crippen LogP contribution in [-0.4, -0.2) is 26.1 Å². The van der Waals surface area contributed by atoms with Crippen LogP contribution < -0.4 is 0 Å². The molecule has 0 aromatic rings. The molecule has 0 rings (SSSR count). The van der Waals surface area contributed by atoms with Crippen LogP contribution in [0.5, 0.6) is 0 Å². The fraction of sp³-hybridized carbons (Fsp3) is 1.00. The summed E-state index contributed by atoms with van der Waals surface area (Å²) in [6.45, 7) is -1.42. The first kappa shape index (κ1) is 11.7. The van der Waals surface area contributed by atoms with Gasteiger partial charge in [-0.1, -0.05) is 0 Å². The van der Waals surface area contributed by atoms with Gasteiger partial charge in [-0.2, -0.15) is 8.78 Å². The van der Waals surface area contributed by atoms with E-state index in [9.17, 15) is 17.6 Å². The Kier molecular flexibility index (Phi) is 5.20. The van der Waals surface area contributed by atoms with Crippen molar-refractivity contribution in [3.8, 4) is 0 Å². The molecule has 0 saturated heterocycles. The highest BCUT2D eigenvalue weighted by atomic mass is 19.3. The number of alkyl halides is 4. The first-order valence-corrected chi connectivity index (χ1v) is 3.63. The smallest absolute Gasteiger partial charge is 0.320 e. The molecule has 1 atom stereocenters. The van der Waals surface area contributed by atoms with Crippen LogP contribution in [0.15, 0.2) is 0 Å². The second-order valence-electron chi connectivity index (χ2n) is 2.62. The van der Waals surface area contributed by atoms with Gasteiger partial charge < -0.3 is 4.74 Å². The summed E-state index contributed by atoms with van der Waals surface area (Å²) in [6, 6.07) is 0. The van der Waals surface area contributed by atoms with Gasteiger partial charge in [0.25, 0.3) is 0 Å². The monoisotopic (exact) mass is 188 g/mol. The van der Waals surface area contributed by atoms with Crippen molar-refractivity contribution in [3.05, 3.63) is 0 Å². The highest BCUT2D eigenvalue weighted by molar-refractivity contribution is 4.56. The Morgan fingerprint density at radius 3 is 2.25 bits per heavy atom. The normalized spacial score (nSPS) is 14.8. The maximum atomic E-state index is 12.0. The van der Waals surface area contributed by atoms with Gasteiger partial charge in [0, 0.05) is 12.8 Å². The molecule has 0 aromatic heterocycles. The second kappa shape index (κ2) is 5.35. The van der Waals surface area contributed by atoms with Crippen molar-refractivity contribution in [1.82, 2.24) is 0 Å². The number of hydrogen-bond donors (Lipinski definition) is 0. The van der Waals surface area contributed by atoms with Crippen molar-refractivity contribution >= 4 is 0 Å². The molecule has 0 aliphatic heterocycles. The molecule has 0 aromatic carbocycles. The van der Waals surface area contributed by atoms with Gasteiger partial charge in [0.15, 0.2) is 0 Å². The van der Waals surface area contributed by atoms with Crippen LogP contribution in [0.2, 0.25) is 0 Å². The summed E-state index contributed by atoms with van der Waals surface area (Å²) in [5.74, 6) is -0.763. The molecule has 0 aliphatic rings. The van der Waals surface area contributed by atoms with Crippen molar-refractivity contribution in [2.24, 2.45) is 5.92 Å². The molecule has 1 unspecified atom stereocenters. The zero-order valence-corrected chi connectivity index (χ0v) is 6.83. The lowest BCUT2D eigenvalue weighted by Gasteiger charge is -2.15. The van der Waals surface area contributed by atoms with Gasteiger partial charge in [0.05, 0.1) is 20.0 Å². The molecule has 5 heteroatoms. The summed E-state index contributed by atoms with van der Waals surface area (Å²) in [7, 11) is 0. The van der Waals surface area contributed by atoms with E-state index < -0.39 is 32.0 Å². The van der Waals surface area contributed by atoms with Crippen molar-refractivity contribution in [3.63, 3.8) is 0 Å². The molecular weight excluding hydrogens is 176 g/mol. The lowest BCUT2D eigenvalue weighted by molar-refractivity contribution is -0.231. The first-order chi connectivity index (χ1) is 5.49. The van der Waals surface area contributed by atoms with E-state index in [1.807, 2.05) is 0 Å². The largest absolute Gasteiger partial charge is 0.352 e. The van der Waals surface area contributed by atoms with Crippen LogP contribution in [-0.2, 0) is 4.74 Å². The Bertz CT molecular complexity index is 112. The number of rotatable bonds is 6. The third-order valence-electron chi connectivity index (χ3n) is 1.31. The Hall–Kier alpha value is -0.320. The van der Waals surface area contributed by atoms with Crippen molar-refractivity contribution < 1.29 is 22.3 Å². The lowest BCUT2D eigenvalue weighted by Crippen LogP contribution is -2.22. The molecule has 1 nitrogen and oxygen atoms in total. The van der Waals surface area contributed by atoms with E-state index >= 15 is 0 Å². The lowest BCUT2D eigenvalue weighted by atomic mass is 10.1. The average molecular weight is 188 g/mol. The van der Waals surface area contributed by atoms with E-state index in [-0.39, 0.29) is 6.42 Å². The summed E-state index contributed by atoms with van der Waals surface area (Å²) < 4.78 is 51.6. The van der Waals surface area contributed by atoms with E-state index in [0.29, 0.717) is 6.92 Å². The maximum Gasteiger partial charge on any atom is 0.352 e. The molecule has 0 fully saturated rings. The third-order valence-corrected chi connectivity index (χ3v) is 1.31. The van der Waals surface area contributed by atoms with E-state index in [2.05, 4.69) is 4.74 Å². The van der Waals surface area contributed by atoms with E-state index in [1.54, 1.807) is 0 Å². The molecule has 12 heavy (non-hydrogen) atoms. The highest BCUT2D eigenvalue weighted by Crippen LogP contribution is 2.16. The molecule has 0 amide bonds. The summed E-state index contributed by atoms with van der Waals surface area (Å²) in [5, 5.41) is 0. The second-order valence-corrected chi connectivity index (χ2v) is 2.62. The van der Waals surface area contributed by atoms with Gasteiger partial charge in [-0.05, 0) is 6.42 Å². The Labute approximate surface area is 68.7 Å². The molecule has 0 aliphatic carbocycles. The SMILES string of the molecule is CC(F)(F)OCC(CF)CCF. The Morgan fingerprint density at radius 2 is 1.92 bits per heavy atom. The van der Waals surface area contributed by atoms with Crippen molar-refractivity contribution in [2.75, 3.05) is 20.0 Å². The van der Waals surface area contributed by atoms with E-state index in [1.165, 1.54) is 0 Å². The minimum Gasteiger partial charge on any atom is -0.320 e. The third kappa shape index (κ3) is 6.39. The van der Waals surface area contributed by atoms with Crippen LogP contribution in [0.4, 0.5) is 17.6 Å². The van der Waals surface area contributed by atoms with Gasteiger partial charge in [-0.3, -0.25) is 8.78 Å². The van der Waals surface area contributed by atoms with Gasteiger partial charge in [-0.15, -0.1) is 0 Å². The quantitative estimate of drug-likeness (QED) is 0.582. The summed E-state index contributed by atoms with van der Waals surface area (Å²) in [4.78, 5) is 0. The topological polar surface area (TPSA) is 9.23 Å². The fourth-order valence-corrected chi connectivity index (χ4v) is 0.624. The van der Waals surface area contributed by atoms with Gasteiger partial charge in [0.2, 0.25) is 0 Å². The molecule has 0 saturated carbocycles. The molecule has 74 valence electrons. The number of halogens is 4. The van der Waals surface area contributed by atoms with Gasteiger partial charge >= 0.3 is 6.11 Å². The molecule has 0 bridgehead atoms.